The van der Waals surface area contributed by atoms with Crippen molar-refractivity contribution in [2.75, 3.05) is 52.9 Å². The van der Waals surface area contributed by atoms with Gasteiger partial charge in [-0.2, -0.15) is 5.10 Å². The summed E-state index contributed by atoms with van der Waals surface area (Å²) in [7, 11) is 4.11. The molecular weight excluding hydrogens is 530 g/mol. The fraction of sp³-hybridized carbons (Fsp3) is 0.438. The summed E-state index contributed by atoms with van der Waals surface area (Å²) in [6.07, 6.45) is 6.61. The molecule has 1 amide bonds. The number of nitrogens with one attached hydrogen (secondary N) is 2. The number of fused-ring (bicyclic) bond motifs is 10. The maximum Gasteiger partial charge on any atom is 0.257 e. The maximum absolute atomic E-state index is 12.6. The number of aryl methyl sites for hydroxylation is 4. The average Bonchev–Trinajstić information content (AvgIpc) is 3.66. The first kappa shape index (κ1) is 26.9. The highest BCUT2D eigenvalue weighted by atomic mass is 16.5. The number of piperazine rings is 1. The lowest BCUT2D eigenvalue weighted by Crippen LogP contribution is -2.45. The van der Waals surface area contributed by atoms with Crippen LogP contribution >= 0.6 is 0 Å². The number of aromatic nitrogens is 4. The molecule has 220 valence electrons. The molecule has 3 aromatic heterocycles. The van der Waals surface area contributed by atoms with Gasteiger partial charge in [0.25, 0.3) is 5.91 Å². The van der Waals surface area contributed by atoms with Crippen molar-refractivity contribution in [1.82, 2.24) is 34.4 Å². The van der Waals surface area contributed by atoms with Crippen LogP contribution in [0, 0.1) is 0 Å². The van der Waals surface area contributed by atoms with Gasteiger partial charge in [-0.25, -0.2) is 0 Å². The van der Waals surface area contributed by atoms with Gasteiger partial charge < -0.3 is 34.5 Å². The number of aromatic amines is 1. The first-order valence-corrected chi connectivity index (χ1v) is 15.1. The van der Waals surface area contributed by atoms with E-state index in [4.69, 9.17) is 9.84 Å². The third-order valence-electron chi connectivity index (χ3n) is 9.04. The molecule has 10 nitrogen and oxygen atoms in total. The molecule has 1 saturated heterocycles. The smallest absolute Gasteiger partial charge is 0.257 e. The number of H-pyrrole nitrogens is 1. The van der Waals surface area contributed by atoms with Crippen LogP contribution in [0.5, 0.6) is 11.6 Å². The van der Waals surface area contributed by atoms with Gasteiger partial charge in [-0.15, -0.1) is 0 Å². The van der Waals surface area contributed by atoms with E-state index in [-0.39, 0.29) is 18.4 Å². The zero-order chi connectivity index (χ0) is 29.0. The molecule has 7 rings (SSSR count). The number of aromatic hydroxyl groups is 1. The lowest BCUT2D eigenvalue weighted by atomic mass is 9.85. The number of hydrogen-bond acceptors (Lipinski definition) is 6. The number of rotatable bonds is 8. The number of likely N-dealkylation sites (N-methyl/N-ethyl adjacent to an activating group) is 1. The van der Waals surface area contributed by atoms with Crippen LogP contribution in [0.25, 0.3) is 43.7 Å². The van der Waals surface area contributed by atoms with Crippen LogP contribution in [0.2, 0.25) is 0 Å². The van der Waals surface area contributed by atoms with Crippen molar-refractivity contribution in [3.8, 4) is 22.8 Å². The predicted molar refractivity (Wildman–Crippen MR) is 165 cm³/mol. The Hall–Kier alpha value is -4.02. The van der Waals surface area contributed by atoms with Gasteiger partial charge in [-0.1, -0.05) is 0 Å². The van der Waals surface area contributed by atoms with Gasteiger partial charge in [-0.3, -0.25) is 9.48 Å². The summed E-state index contributed by atoms with van der Waals surface area (Å²) in [5.74, 6) is 0.725. The standard InChI is InChI=1S/C32H39N7O3/c1-4-39-26-9-6-20(42-19-27(40)33-10-5-11-38-14-12-36(2)13-15-38)16-22(26)29-23-17-34-32(41)30(23)28-21(31(29)39)7-8-25-24(28)18-37(3)35-25/h6,9,16-18,34,41H,4-5,7-8,10-15,19H2,1-3H3,(H,33,40). The molecule has 1 fully saturated rings. The van der Waals surface area contributed by atoms with E-state index >= 15 is 0 Å². The minimum atomic E-state index is -0.108. The Morgan fingerprint density at radius 1 is 1.12 bits per heavy atom. The van der Waals surface area contributed by atoms with Gasteiger partial charge in [0.05, 0.1) is 16.6 Å². The Labute approximate surface area is 244 Å². The van der Waals surface area contributed by atoms with Gasteiger partial charge in [0.1, 0.15) is 5.75 Å². The van der Waals surface area contributed by atoms with Crippen molar-refractivity contribution in [1.29, 1.82) is 0 Å². The van der Waals surface area contributed by atoms with Crippen molar-refractivity contribution in [3.05, 3.63) is 41.9 Å². The van der Waals surface area contributed by atoms with E-state index in [0.717, 1.165) is 102 Å². The fourth-order valence-electron chi connectivity index (χ4n) is 6.98. The molecule has 2 aliphatic rings. The minimum absolute atomic E-state index is 0.0219. The molecule has 3 N–H and O–H groups in total. The van der Waals surface area contributed by atoms with Gasteiger partial charge in [-0.05, 0) is 63.5 Å². The van der Waals surface area contributed by atoms with Gasteiger partial charge in [0.2, 0.25) is 0 Å². The van der Waals surface area contributed by atoms with Crippen LogP contribution in [-0.2, 0) is 31.2 Å². The molecule has 2 aromatic carbocycles. The topological polar surface area (TPSA) is 104 Å². The van der Waals surface area contributed by atoms with Crippen LogP contribution in [0.4, 0.5) is 0 Å². The number of amides is 1. The molecule has 0 atom stereocenters. The first-order chi connectivity index (χ1) is 20.4. The number of nitrogens with zero attached hydrogens (tertiary/aromatic N) is 5. The highest BCUT2D eigenvalue weighted by Crippen LogP contribution is 2.49. The van der Waals surface area contributed by atoms with E-state index in [0.29, 0.717) is 12.3 Å². The zero-order valence-electron chi connectivity index (χ0n) is 24.7. The molecule has 0 spiro atoms. The normalized spacial score (nSPS) is 15.9. The zero-order valence-corrected chi connectivity index (χ0v) is 24.7. The summed E-state index contributed by atoms with van der Waals surface area (Å²) in [6.45, 7) is 8.99. The Kier molecular flexibility index (Phi) is 6.82. The second-order valence-electron chi connectivity index (χ2n) is 11.7. The van der Waals surface area contributed by atoms with E-state index in [1.54, 1.807) is 0 Å². The molecule has 0 saturated carbocycles. The molecule has 42 heavy (non-hydrogen) atoms. The van der Waals surface area contributed by atoms with E-state index in [2.05, 4.69) is 50.9 Å². The number of benzene rings is 2. The number of hydrogen-bond donors (Lipinski definition) is 3. The number of ether oxygens (including phenoxy) is 1. The summed E-state index contributed by atoms with van der Waals surface area (Å²) in [6, 6.07) is 6.08. The van der Waals surface area contributed by atoms with Crippen molar-refractivity contribution in [2.24, 2.45) is 7.05 Å². The summed E-state index contributed by atoms with van der Waals surface area (Å²) in [5, 5.41) is 22.7. The van der Waals surface area contributed by atoms with Crippen molar-refractivity contribution >= 4 is 38.5 Å². The van der Waals surface area contributed by atoms with Crippen molar-refractivity contribution in [2.45, 2.75) is 32.7 Å². The average molecular weight is 570 g/mol. The summed E-state index contributed by atoms with van der Waals surface area (Å²) in [4.78, 5) is 20.5. The molecule has 1 aliphatic heterocycles. The highest BCUT2D eigenvalue weighted by Gasteiger charge is 2.29. The first-order valence-electron chi connectivity index (χ1n) is 15.1. The van der Waals surface area contributed by atoms with Crippen LogP contribution in [0.1, 0.15) is 24.6 Å². The lowest BCUT2D eigenvalue weighted by Gasteiger charge is -2.32. The monoisotopic (exact) mass is 569 g/mol. The molecule has 0 bridgehead atoms. The van der Waals surface area contributed by atoms with Crippen molar-refractivity contribution in [3.63, 3.8) is 0 Å². The Morgan fingerprint density at radius 3 is 2.76 bits per heavy atom. The Bertz CT molecular complexity index is 1810. The quantitative estimate of drug-likeness (QED) is 0.247. The third kappa shape index (κ3) is 4.49. The fourth-order valence-corrected chi connectivity index (χ4v) is 6.98. The predicted octanol–water partition coefficient (Wildman–Crippen LogP) is 3.63. The summed E-state index contributed by atoms with van der Waals surface area (Å²) in [5.41, 5.74) is 6.78. The third-order valence-corrected chi connectivity index (χ3v) is 9.04. The second-order valence-corrected chi connectivity index (χ2v) is 11.7. The van der Waals surface area contributed by atoms with Crippen LogP contribution in [0.15, 0.2) is 30.6 Å². The highest BCUT2D eigenvalue weighted by molar-refractivity contribution is 6.26. The van der Waals surface area contributed by atoms with E-state index < -0.39 is 0 Å². The van der Waals surface area contributed by atoms with Crippen molar-refractivity contribution < 1.29 is 14.6 Å². The summed E-state index contributed by atoms with van der Waals surface area (Å²) >= 11 is 0. The molecule has 4 heterocycles. The molecule has 0 unspecified atom stereocenters. The summed E-state index contributed by atoms with van der Waals surface area (Å²) < 4.78 is 10.2. The lowest BCUT2D eigenvalue weighted by molar-refractivity contribution is -0.123. The number of carbonyl (C=O) groups excluding carboxylic acids is 1. The van der Waals surface area contributed by atoms with E-state index in [1.165, 1.54) is 11.1 Å². The van der Waals surface area contributed by atoms with Crippen LogP contribution in [0.3, 0.4) is 0 Å². The molecule has 1 aliphatic carbocycles. The Balaban J connectivity index is 1.16. The minimum Gasteiger partial charge on any atom is -0.494 e. The van der Waals surface area contributed by atoms with E-state index in [1.807, 2.05) is 30.1 Å². The van der Waals surface area contributed by atoms with E-state index in [9.17, 15) is 9.90 Å². The number of carbonyl (C=O) groups is 1. The van der Waals surface area contributed by atoms with Gasteiger partial charge >= 0.3 is 0 Å². The Morgan fingerprint density at radius 2 is 1.95 bits per heavy atom. The molecular formula is C32H39N7O3. The molecule has 5 aromatic rings. The van der Waals surface area contributed by atoms with Crippen LogP contribution in [-0.4, -0.2) is 93.1 Å². The molecule has 10 heteroatoms. The molecule has 0 radical (unpaired) electrons. The maximum atomic E-state index is 12.6. The second kappa shape index (κ2) is 10.7. The van der Waals surface area contributed by atoms with Gasteiger partial charge in [0.15, 0.2) is 12.5 Å². The largest absolute Gasteiger partial charge is 0.494 e. The van der Waals surface area contributed by atoms with Crippen LogP contribution < -0.4 is 10.1 Å². The SMILES string of the molecule is CCn1c2ccc(OCC(=O)NCCCN3CCN(C)CC3)cc2c2c3c[nH]c(O)c3c3c(c21)CCc1nn(C)cc1-3. The van der Waals surface area contributed by atoms with Gasteiger partial charge in [0, 0.05) is 91.5 Å².